The third-order valence-corrected chi connectivity index (χ3v) is 4.94. The minimum atomic E-state index is 0.269. The van der Waals surface area contributed by atoms with Gasteiger partial charge in [0.1, 0.15) is 5.75 Å². The number of phenolic OH excluding ortho intramolecular Hbond substituents is 1. The van der Waals surface area contributed by atoms with Crippen molar-refractivity contribution >= 4 is 11.6 Å². The second kappa shape index (κ2) is 6.40. The van der Waals surface area contributed by atoms with Crippen molar-refractivity contribution < 1.29 is 9.90 Å². The van der Waals surface area contributed by atoms with Crippen molar-refractivity contribution in [2.24, 2.45) is 5.41 Å². The lowest BCUT2D eigenvalue weighted by molar-refractivity contribution is -0.132. The molecule has 1 amide bonds. The summed E-state index contributed by atoms with van der Waals surface area (Å²) in [6.45, 7) is 8.74. The van der Waals surface area contributed by atoms with E-state index in [4.69, 9.17) is 0 Å². The standard InChI is InChI=1S/C18H27N3O2/c1-18(2)12-14(19-13-18)11-17(23)21-9-7-20(8-10-21)15-3-5-16(22)6-4-15/h3-6,14,19,22H,7-13H2,1-2H3. The zero-order valence-corrected chi connectivity index (χ0v) is 14.1. The summed E-state index contributed by atoms with van der Waals surface area (Å²) in [5.41, 5.74) is 1.41. The van der Waals surface area contributed by atoms with E-state index in [-0.39, 0.29) is 11.7 Å². The van der Waals surface area contributed by atoms with Gasteiger partial charge in [0.15, 0.2) is 0 Å². The summed E-state index contributed by atoms with van der Waals surface area (Å²) in [6.07, 6.45) is 1.69. The summed E-state index contributed by atoms with van der Waals surface area (Å²) in [5, 5.41) is 12.8. The van der Waals surface area contributed by atoms with E-state index in [1.165, 1.54) is 0 Å². The molecule has 3 rings (SSSR count). The number of carbonyl (C=O) groups is 1. The molecule has 2 fully saturated rings. The van der Waals surface area contributed by atoms with Gasteiger partial charge in [0.2, 0.25) is 5.91 Å². The first-order chi connectivity index (χ1) is 10.9. The molecule has 2 saturated heterocycles. The molecule has 0 spiro atoms. The van der Waals surface area contributed by atoms with Gasteiger partial charge < -0.3 is 20.2 Å². The van der Waals surface area contributed by atoms with Crippen LogP contribution < -0.4 is 10.2 Å². The first-order valence-corrected chi connectivity index (χ1v) is 8.48. The van der Waals surface area contributed by atoms with Crippen molar-refractivity contribution in [3.63, 3.8) is 0 Å². The average Bonchev–Trinajstić information content (AvgIpc) is 2.87. The van der Waals surface area contributed by atoms with Crippen LogP contribution in [-0.4, -0.2) is 54.7 Å². The summed E-state index contributed by atoms with van der Waals surface area (Å²) in [5.74, 6) is 0.556. The maximum Gasteiger partial charge on any atom is 0.224 e. The Morgan fingerprint density at radius 1 is 1.22 bits per heavy atom. The van der Waals surface area contributed by atoms with E-state index < -0.39 is 0 Å². The molecule has 2 N–H and O–H groups in total. The van der Waals surface area contributed by atoms with Crippen LogP contribution in [0, 0.1) is 5.41 Å². The molecule has 126 valence electrons. The number of carbonyl (C=O) groups excluding carboxylic acids is 1. The number of benzene rings is 1. The molecule has 5 nitrogen and oxygen atoms in total. The second-order valence-corrected chi connectivity index (χ2v) is 7.53. The SMILES string of the molecule is CC1(C)CNC(CC(=O)N2CCN(c3ccc(O)cc3)CC2)C1. The lowest BCUT2D eigenvalue weighted by Crippen LogP contribution is -2.49. The number of hydrogen-bond acceptors (Lipinski definition) is 4. The Hall–Kier alpha value is -1.75. The highest BCUT2D eigenvalue weighted by molar-refractivity contribution is 5.77. The van der Waals surface area contributed by atoms with E-state index in [2.05, 4.69) is 24.1 Å². The molecule has 1 unspecified atom stereocenters. The molecule has 5 heteroatoms. The first-order valence-electron chi connectivity index (χ1n) is 8.48. The third-order valence-electron chi connectivity index (χ3n) is 4.94. The number of amides is 1. The van der Waals surface area contributed by atoms with Crippen LogP contribution in [0.2, 0.25) is 0 Å². The Kier molecular flexibility index (Phi) is 4.48. The smallest absolute Gasteiger partial charge is 0.224 e. The monoisotopic (exact) mass is 317 g/mol. The Morgan fingerprint density at radius 2 is 1.87 bits per heavy atom. The molecule has 1 atom stereocenters. The molecule has 0 radical (unpaired) electrons. The number of nitrogens with one attached hydrogen (secondary N) is 1. The minimum absolute atomic E-state index is 0.269. The van der Waals surface area contributed by atoms with Gasteiger partial charge in [0, 0.05) is 50.9 Å². The third kappa shape index (κ3) is 3.96. The van der Waals surface area contributed by atoms with Gasteiger partial charge in [-0.1, -0.05) is 13.8 Å². The normalized spacial score (nSPS) is 24.0. The summed E-state index contributed by atoms with van der Waals surface area (Å²) < 4.78 is 0. The quantitative estimate of drug-likeness (QED) is 0.893. The molecule has 1 aromatic carbocycles. The molecule has 0 aromatic heterocycles. The van der Waals surface area contributed by atoms with Crippen LogP contribution >= 0.6 is 0 Å². The van der Waals surface area contributed by atoms with E-state index in [0.717, 1.165) is 44.8 Å². The summed E-state index contributed by atoms with van der Waals surface area (Å²) >= 11 is 0. The molecule has 1 aromatic rings. The van der Waals surface area contributed by atoms with Gasteiger partial charge in [0.05, 0.1) is 0 Å². The number of hydrogen-bond donors (Lipinski definition) is 2. The molecule has 2 heterocycles. The van der Waals surface area contributed by atoms with Gasteiger partial charge in [-0.25, -0.2) is 0 Å². The topological polar surface area (TPSA) is 55.8 Å². The number of piperazine rings is 1. The van der Waals surface area contributed by atoms with Crippen molar-refractivity contribution in [1.29, 1.82) is 0 Å². The fraction of sp³-hybridized carbons (Fsp3) is 0.611. The summed E-state index contributed by atoms with van der Waals surface area (Å²) in [7, 11) is 0. The highest BCUT2D eigenvalue weighted by atomic mass is 16.3. The number of rotatable bonds is 3. The van der Waals surface area contributed by atoms with Crippen molar-refractivity contribution in [2.45, 2.75) is 32.7 Å². The van der Waals surface area contributed by atoms with E-state index >= 15 is 0 Å². The van der Waals surface area contributed by atoms with Gasteiger partial charge >= 0.3 is 0 Å². The Balaban J connectivity index is 1.48. The van der Waals surface area contributed by atoms with Crippen LogP contribution in [0.15, 0.2) is 24.3 Å². The predicted octanol–water partition coefficient (Wildman–Crippen LogP) is 1.82. The van der Waals surface area contributed by atoms with Crippen molar-refractivity contribution in [3.05, 3.63) is 24.3 Å². The Morgan fingerprint density at radius 3 is 2.43 bits per heavy atom. The molecular weight excluding hydrogens is 290 g/mol. The zero-order valence-electron chi connectivity index (χ0n) is 14.1. The largest absolute Gasteiger partial charge is 0.508 e. The van der Waals surface area contributed by atoms with Crippen LogP contribution in [0.1, 0.15) is 26.7 Å². The van der Waals surface area contributed by atoms with Gasteiger partial charge in [-0.15, -0.1) is 0 Å². The van der Waals surface area contributed by atoms with Crippen LogP contribution in [-0.2, 0) is 4.79 Å². The maximum atomic E-state index is 12.5. The molecule has 2 aliphatic rings. The van der Waals surface area contributed by atoms with E-state index in [9.17, 15) is 9.90 Å². The molecule has 0 aliphatic carbocycles. The number of anilines is 1. The molecule has 2 aliphatic heterocycles. The van der Waals surface area contributed by atoms with Crippen LogP contribution in [0.5, 0.6) is 5.75 Å². The van der Waals surface area contributed by atoms with Gasteiger partial charge in [-0.05, 0) is 36.1 Å². The number of aromatic hydroxyl groups is 1. The number of nitrogens with zero attached hydrogens (tertiary/aromatic N) is 2. The maximum absolute atomic E-state index is 12.5. The van der Waals surface area contributed by atoms with Gasteiger partial charge in [-0.2, -0.15) is 0 Å². The fourth-order valence-corrected chi connectivity index (χ4v) is 3.59. The number of phenols is 1. The Bertz CT molecular complexity index is 548. The molecule has 0 bridgehead atoms. The highest BCUT2D eigenvalue weighted by Gasteiger charge is 2.33. The van der Waals surface area contributed by atoms with Crippen LogP contribution in [0.4, 0.5) is 5.69 Å². The summed E-state index contributed by atoms with van der Waals surface area (Å²) in [4.78, 5) is 16.7. The van der Waals surface area contributed by atoms with Crippen molar-refractivity contribution in [1.82, 2.24) is 10.2 Å². The average molecular weight is 317 g/mol. The highest BCUT2D eigenvalue weighted by Crippen LogP contribution is 2.29. The fourth-order valence-electron chi connectivity index (χ4n) is 3.59. The zero-order chi connectivity index (χ0) is 16.4. The lowest BCUT2D eigenvalue weighted by atomic mass is 9.90. The van der Waals surface area contributed by atoms with Crippen LogP contribution in [0.3, 0.4) is 0 Å². The van der Waals surface area contributed by atoms with Gasteiger partial charge in [-0.3, -0.25) is 4.79 Å². The molecule has 0 saturated carbocycles. The summed E-state index contributed by atoms with van der Waals surface area (Å²) in [6, 6.07) is 7.60. The van der Waals surface area contributed by atoms with Gasteiger partial charge in [0.25, 0.3) is 0 Å². The first kappa shape index (κ1) is 16.1. The molecule has 23 heavy (non-hydrogen) atoms. The Labute approximate surface area is 138 Å². The van der Waals surface area contributed by atoms with Crippen molar-refractivity contribution in [2.75, 3.05) is 37.6 Å². The van der Waals surface area contributed by atoms with E-state index in [0.29, 0.717) is 17.9 Å². The molecular formula is C18H27N3O2. The van der Waals surface area contributed by atoms with Crippen LogP contribution in [0.25, 0.3) is 0 Å². The minimum Gasteiger partial charge on any atom is -0.508 e. The van der Waals surface area contributed by atoms with E-state index in [1.807, 2.05) is 17.0 Å². The van der Waals surface area contributed by atoms with Crippen molar-refractivity contribution in [3.8, 4) is 5.75 Å². The van der Waals surface area contributed by atoms with E-state index in [1.54, 1.807) is 12.1 Å². The predicted molar refractivity (Wildman–Crippen MR) is 91.7 cm³/mol. The lowest BCUT2D eigenvalue weighted by Gasteiger charge is -2.36. The second-order valence-electron chi connectivity index (χ2n) is 7.53.